The molecule has 106 valence electrons. The Bertz CT molecular complexity index is 670. The summed E-state index contributed by atoms with van der Waals surface area (Å²) < 4.78 is 20.6. The predicted octanol–water partition coefficient (Wildman–Crippen LogP) is 3.59. The van der Waals surface area contributed by atoms with Gasteiger partial charge in [0.2, 0.25) is 0 Å². The van der Waals surface area contributed by atoms with Crippen LogP contribution in [0.4, 0.5) is 4.39 Å². The van der Waals surface area contributed by atoms with Crippen molar-refractivity contribution in [1.29, 1.82) is 0 Å². The normalized spacial score (nSPS) is 10.8. The van der Waals surface area contributed by atoms with Crippen molar-refractivity contribution in [2.45, 2.75) is 20.4 Å². The zero-order chi connectivity index (χ0) is 14.7. The van der Waals surface area contributed by atoms with Gasteiger partial charge in [0.1, 0.15) is 11.6 Å². The highest BCUT2D eigenvalue weighted by Crippen LogP contribution is 2.23. The zero-order valence-corrected chi connectivity index (χ0v) is 12.7. The van der Waals surface area contributed by atoms with Crippen LogP contribution in [-0.2, 0) is 6.54 Å². The summed E-state index contributed by atoms with van der Waals surface area (Å²) >= 11 is 3.06. The van der Waals surface area contributed by atoms with Gasteiger partial charge in [-0.1, -0.05) is 13.8 Å². The minimum absolute atomic E-state index is 0.0603. The first-order valence-electron chi connectivity index (χ1n) is 6.15. The van der Waals surface area contributed by atoms with Gasteiger partial charge in [0, 0.05) is 25.0 Å². The molecule has 0 N–H and O–H groups in total. The summed E-state index contributed by atoms with van der Waals surface area (Å²) in [6.45, 7) is 4.60. The summed E-state index contributed by atoms with van der Waals surface area (Å²) in [4.78, 5) is 16.0. The van der Waals surface area contributed by atoms with Crippen molar-refractivity contribution in [3.05, 3.63) is 51.2 Å². The summed E-state index contributed by atoms with van der Waals surface area (Å²) in [5.74, 6) is 0.0430. The Balaban J connectivity index is 2.29. The molecule has 0 unspecified atom stereocenters. The van der Waals surface area contributed by atoms with E-state index in [1.807, 2.05) is 13.8 Å². The molecule has 0 atom stereocenters. The van der Waals surface area contributed by atoms with Gasteiger partial charge in [-0.3, -0.25) is 4.79 Å². The zero-order valence-electron chi connectivity index (χ0n) is 11.1. The maximum absolute atomic E-state index is 13.4. The third kappa shape index (κ3) is 3.45. The lowest BCUT2D eigenvalue weighted by molar-refractivity contribution is 0.429. The lowest BCUT2D eigenvalue weighted by Gasteiger charge is -2.10. The smallest absolute Gasteiger partial charge is 0.313 e. The summed E-state index contributed by atoms with van der Waals surface area (Å²) in [7, 11) is 0. The van der Waals surface area contributed by atoms with Crippen molar-refractivity contribution >= 4 is 15.9 Å². The number of aromatic nitrogens is 2. The molecule has 1 heterocycles. The van der Waals surface area contributed by atoms with Gasteiger partial charge in [-0.15, -0.1) is 0 Å². The third-order valence-corrected chi connectivity index (χ3v) is 3.19. The van der Waals surface area contributed by atoms with Gasteiger partial charge >= 0.3 is 5.56 Å². The first kappa shape index (κ1) is 14.7. The monoisotopic (exact) mass is 340 g/mol. The Labute approximate surface area is 124 Å². The Morgan fingerprint density at radius 2 is 2.20 bits per heavy atom. The van der Waals surface area contributed by atoms with Crippen LogP contribution in [0.2, 0.25) is 0 Å². The lowest BCUT2D eigenvalue weighted by Crippen LogP contribution is -2.23. The van der Waals surface area contributed by atoms with Crippen molar-refractivity contribution in [3.8, 4) is 11.6 Å². The summed E-state index contributed by atoms with van der Waals surface area (Å²) in [5.41, 5.74) is -0.329. The van der Waals surface area contributed by atoms with Crippen LogP contribution in [0.3, 0.4) is 0 Å². The average molecular weight is 341 g/mol. The van der Waals surface area contributed by atoms with E-state index in [9.17, 15) is 9.18 Å². The Kier molecular flexibility index (Phi) is 4.54. The van der Waals surface area contributed by atoms with Crippen LogP contribution in [0.1, 0.15) is 13.8 Å². The fraction of sp³-hybridized carbons (Fsp3) is 0.286. The van der Waals surface area contributed by atoms with Crippen molar-refractivity contribution < 1.29 is 9.13 Å². The summed E-state index contributed by atoms with van der Waals surface area (Å²) in [5, 5.41) is 0. The van der Waals surface area contributed by atoms with Gasteiger partial charge in [0.15, 0.2) is 0 Å². The Morgan fingerprint density at radius 3 is 2.85 bits per heavy atom. The molecular formula is C14H14BrFN2O2. The topological polar surface area (TPSA) is 44.1 Å². The second-order valence-electron chi connectivity index (χ2n) is 4.76. The second kappa shape index (κ2) is 6.17. The van der Waals surface area contributed by atoms with Gasteiger partial charge in [-0.25, -0.2) is 9.37 Å². The second-order valence-corrected chi connectivity index (χ2v) is 5.62. The van der Waals surface area contributed by atoms with Crippen molar-refractivity contribution in [2.75, 3.05) is 0 Å². The van der Waals surface area contributed by atoms with E-state index in [1.54, 1.807) is 12.3 Å². The minimum Gasteiger partial charge on any atom is -0.435 e. The highest BCUT2D eigenvalue weighted by Gasteiger charge is 2.10. The molecular weight excluding hydrogens is 327 g/mol. The van der Waals surface area contributed by atoms with E-state index in [0.29, 0.717) is 16.9 Å². The number of rotatable bonds is 4. The first-order chi connectivity index (χ1) is 9.47. The number of ether oxygens (including phenoxy) is 1. The van der Waals surface area contributed by atoms with Crippen molar-refractivity contribution in [2.24, 2.45) is 5.92 Å². The summed E-state index contributed by atoms with van der Waals surface area (Å²) in [6.07, 6.45) is 3.10. The van der Waals surface area contributed by atoms with Gasteiger partial charge in [-0.05, 0) is 34.0 Å². The van der Waals surface area contributed by atoms with E-state index in [-0.39, 0.29) is 17.2 Å². The SMILES string of the molecule is CC(C)Cn1ccnc(Oc2ccc(Br)c(F)c2)c1=O. The van der Waals surface area contributed by atoms with E-state index in [2.05, 4.69) is 20.9 Å². The largest absolute Gasteiger partial charge is 0.435 e. The average Bonchev–Trinajstić information content (AvgIpc) is 2.38. The number of benzene rings is 1. The van der Waals surface area contributed by atoms with Gasteiger partial charge in [0.25, 0.3) is 5.88 Å². The number of nitrogens with zero attached hydrogens (tertiary/aromatic N) is 2. The predicted molar refractivity (Wildman–Crippen MR) is 77.5 cm³/mol. The van der Waals surface area contributed by atoms with Gasteiger partial charge < -0.3 is 9.30 Å². The van der Waals surface area contributed by atoms with Crippen LogP contribution in [0.25, 0.3) is 0 Å². The van der Waals surface area contributed by atoms with E-state index >= 15 is 0 Å². The fourth-order valence-electron chi connectivity index (χ4n) is 1.69. The molecule has 2 aromatic rings. The van der Waals surface area contributed by atoms with E-state index < -0.39 is 5.82 Å². The molecule has 0 spiro atoms. The molecule has 0 saturated carbocycles. The van der Waals surface area contributed by atoms with Crippen molar-refractivity contribution in [3.63, 3.8) is 0 Å². The van der Waals surface area contributed by atoms with Crippen molar-refractivity contribution in [1.82, 2.24) is 9.55 Å². The highest BCUT2D eigenvalue weighted by atomic mass is 79.9. The van der Waals surface area contributed by atoms with Crippen LogP contribution < -0.4 is 10.3 Å². The van der Waals surface area contributed by atoms with E-state index in [4.69, 9.17) is 4.74 Å². The molecule has 2 rings (SSSR count). The molecule has 0 aliphatic rings. The minimum atomic E-state index is -0.457. The van der Waals surface area contributed by atoms with Crippen LogP contribution in [0.5, 0.6) is 11.6 Å². The molecule has 1 aromatic heterocycles. The number of hydrogen-bond acceptors (Lipinski definition) is 3. The quantitative estimate of drug-likeness (QED) is 0.854. The molecule has 0 aliphatic carbocycles. The maximum Gasteiger partial charge on any atom is 0.313 e. The number of hydrogen-bond donors (Lipinski definition) is 0. The van der Waals surface area contributed by atoms with Crippen LogP contribution in [0.15, 0.2) is 39.9 Å². The van der Waals surface area contributed by atoms with Gasteiger partial charge in [0.05, 0.1) is 4.47 Å². The lowest BCUT2D eigenvalue weighted by atomic mass is 10.2. The molecule has 0 saturated heterocycles. The van der Waals surface area contributed by atoms with Crippen LogP contribution in [0, 0.1) is 11.7 Å². The van der Waals surface area contributed by atoms with Crippen LogP contribution in [-0.4, -0.2) is 9.55 Å². The molecule has 20 heavy (non-hydrogen) atoms. The summed E-state index contributed by atoms with van der Waals surface area (Å²) in [6, 6.07) is 4.28. The van der Waals surface area contributed by atoms with E-state index in [0.717, 1.165) is 0 Å². The third-order valence-electron chi connectivity index (χ3n) is 2.55. The molecule has 0 fully saturated rings. The highest BCUT2D eigenvalue weighted by molar-refractivity contribution is 9.10. The molecule has 0 bridgehead atoms. The maximum atomic E-state index is 13.4. The van der Waals surface area contributed by atoms with Gasteiger partial charge in [-0.2, -0.15) is 0 Å². The van der Waals surface area contributed by atoms with Crippen LogP contribution >= 0.6 is 15.9 Å². The number of halogens is 2. The first-order valence-corrected chi connectivity index (χ1v) is 6.95. The molecule has 1 aromatic carbocycles. The standard InChI is InChI=1S/C14H14BrFN2O2/c1-9(2)8-18-6-5-17-13(14(18)19)20-10-3-4-11(15)12(16)7-10/h3-7,9H,8H2,1-2H3. The Morgan fingerprint density at radius 1 is 1.45 bits per heavy atom. The van der Waals surface area contributed by atoms with E-state index in [1.165, 1.54) is 22.9 Å². The molecule has 0 amide bonds. The Hall–Kier alpha value is -1.69. The molecule has 4 nitrogen and oxygen atoms in total. The molecule has 0 radical (unpaired) electrons. The fourth-order valence-corrected chi connectivity index (χ4v) is 1.93. The molecule has 0 aliphatic heterocycles. The molecule has 6 heteroatoms.